The van der Waals surface area contributed by atoms with Gasteiger partial charge < -0.3 is 14.8 Å². The maximum absolute atomic E-state index is 4.62. The number of guanidine groups is 1. The first-order valence-electron chi connectivity index (χ1n) is 11.9. The van der Waals surface area contributed by atoms with Crippen molar-refractivity contribution in [3.8, 4) is 0 Å². The second-order valence-corrected chi connectivity index (χ2v) is 9.44. The van der Waals surface area contributed by atoms with Crippen LogP contribution in [0.2, 0.25) is 0 Å². The van der Waals surface area contributed by atoms with Gasteiger partial charge in [-0.25, -0.2) is 4.98 Å². The largest absolute Gasteiger partial charge is 0.352 e. The maximum Gasteiger partial charge on any atom is 0.193 e. The molecule has 168 valence electrons. The van der Waals surface area contributed by atoms with Crippen LogP contribution in [0.3, 0.4) is 0 Å². The van der Waals surface area contributed by atoms with E-state index in [0.29, 0.717) is 12.0 Å². The Balaban J connectivity index is 1.39. The van der Waals surface area contributed by atoms with Crippen molar-refractivity contribution in [1.82, 2.24) is 24.7 Å². The zero-order valence-corrected chi connectivity index (χ0v) is 19.4. The fraction of sp³-hybridized carbons (Fsp3) is 0.600. The molecular formula is C25H38N6. The van der Waals surface area contributed by atoms with Gasteiger partial charge in [-0.15, -0.1) is 0 Å². The lowest BCUT2D eigenvalue weighted by Crippen LogP contribution is -2.48. The topological polar surface area (TPSA) is 48.7 Å². The molecule has 3 heterocycles. The summed E-state index contributed by atoms with van der Waals surface area (Å²) in [6.45, 7) is 11.0. The van der Waals surface area contributed by atoms with Crippen molar-refractivity contribution < 1.29 is 0 Å². The number of hydrogen-bond acceptors (Lipinski definition) is 3. The fourth-order valence-corrected chi connectivity index (χ4v) is 5.16. The molecule has 1 aromatic carbocycles. The highest BCUT2D eigenvalue weighted by molar-refractivity contribution is 5.80. The zero-order chi connectivity index (χ0) is 21.6. The molecule has 31 heavy (non-hydrogen) atoms. The second kappa shape index (κ2) is 10.3. The molecule has 3 atom stereocenters. The Bertz CT molecular complexity index is 845. The molecule has 1 aromatic heterocycles. The summed E-state index contributed by atoms with van der Waals surface area (Å²) in [6, 6.07) is 9.30. The molecule has 6 heteroatoms. The van der Waals surface area contributed by atoms with Gasteiger partial charge in [0.2, 0.25) is 0 Å². The Labute approximate surface area is 187 Å². The lowest BCUT2D eigenvalue weighted by molar-refractivity contribution is 0.176. The number of hydrogen-bond donors (Lipinski definition) is 1. The molecule has 0 bridgehead atoms. The summed E-state index contributed by atoms with van der Waals surface area (Å²) in [4.78, 5) is 13.9. The van der Waals surface area contributed by atoms with Crippen LogP contribution in [0.15, 0.2) is 48.0 Å². The Kier molecular flexibility index (Phi) is 7.28. The molecule has 4 rings (SSSR count). The van der Waals surface area contributed by atoms with Gasteiger partial charge in [0.25, 0.3) is 0 Å². The van der Waals surface area contributed by atoms with Gasteiger partial charge in [0.1, 0.15) is 0 Å². The fourth-order valence-electron chi connectivity index (χ4n) is 5.16. The molecule has 0 aliphatic carbocycles. The molecule has 0 amide bonds. The summed E-state index contributed by atoms with van der Waals surface area (Å²) in [5.74, 6) is 2.44. The summed E-state index contributed by atoms with van der Waals surface area (Å²) >= 11 is 0. The Morgan fingerprint density at radius 1 is 1.13 bits per heavy atom. The summed E-state index contributed by atoms with van der Waals surface area (Å²) < 4.78 is 2.25. The standard InChI is InChI=1S/C25H38N6/c1-20-7-6-12-29(16-20)17-23-9-5-4-8-22(23)15-28-25(26-3)30-13-10-21(2)24(18-30)31-14-11-27-19-31/h4-5,8-9,11,14,19-21,24H,6-7,10,12-13,15-18H2,1-3H3,(H,26,28). The minimum absolute atomic E-state index is 0.433. The van der Waals surface area contributed by atoms with Crippen LogP contribution in [-0.2, 0) is 13.1 Å². The van der Waals surface area contributed by atoms with Crippen LogP contribution in [0.4, 0.5) is 0 Å². The van der Waals surface area contributed by atoms with Crippen molar-refractivity contribution in [2.24, 2.45) is 16.8 Å². The quantitative estimate of drug-likeness (QED) is 0.589. The van der Waals surface area contributed by atoms with Crippen LogP contribution in [-0.4, -0.2) is 58.5 Å². The zero-order valence-electron chi connectivity index (χ0n) is 19.4. The number of piperidine rings is 2. The lowest BCUT2D eigenvalue weighted by atomic mass is 9.93. The predicted molar refractivity (Wildman–Crippen MR) is 127 cm³/mol. The normalized spacial score (nSPS) is 25.6. The first-order chi connectivity index (χ1) is 15.1. The average molecular weight is 423 g/mol. The van der Waals surface area contributed by atoms with Gasteiger partial charge in [0.15, 0.2) is 5.96 Å². The molecule has 3 unspecified atom stereocenters. The van der Waals surface area contributed by atoms with Crippen LogP contribution >= 0.6 is 0 Å². The van der Waals surface area contributed by atoms with Crippen LogP contribution in [0.25, 0.3) is 0 Å². The van der Waals surface area contributed by atoms with E-state index in [9.17, 15) is 0 Å². The van der Waals surface area contributed by atoms with Gasteiger partial charge in [-0.05, 0) is 48.8 Å². The van der Waals surface area contributed by atoms with Crippen molar-refractivity contribution in [3.63, 3.8) is 0 Å². The molecule has 6 nitrogen and oxygen atoms in total. The molecule has 0 saturated carbocycles. The predicted octanol–water partition coefficient (Wildman–Crippen LogP) is 3.77. The third-order valence-corrected chi connectivity index (χ3v) is 7.03. The molecule has 0 spiro atoms. The Hall–Kier alpha value is -2.34. The SMILES string of the molecule is CN=C(NCc1ccccc1CN1CCCC(C)C1)N1CCC(C)C(n2ccnc2)C1. The van der Waals surface area contributed by atoms with E-state index in [1.165, 1.54) is 37.1 Å². The highest BCUT2D eigenvalue weighted by atomic mass is 15.3. The van der Waals surface area contributed by atoms with Gasteiger partial charge >= 0.3 is 0 Å². The molecule has 2 fully saturated rings. The van der Waals surface area contributed by atoms with Crippen molar-refractivity contribution in [2.75, 3.05) is 33.2 Å². The van der Waals surface area contributed by atoms with Crippen LogP contribution < -0.4 is 5.32 Å². The number of nitrogens with one attached hydrogen (secondary N) is 1. The molecule has 2 saturated heterocycles. The van der Waals surface area contributed by atoms with E-state index in [1.54, 1.807) is 0 Å². The van der Waals surface area contributed by atoms with E-state index < -0.39 is 0 Å². The van der Waals surface area contributed by atoms with Crippen molar-refractivity contribution >= 4 is 5.96 Å². The number of aliphatic imine (C=N–C) groups is 1. The second-order valence-electron chi connectivity index (χ2n) is 9.44. The van der Waals surface area contributed by atoms with Crippen molar-refractivity contribution in [2.45, 2.75) is 52.2 Å². The molecule has 2 aliphatic rings. The van der Waals surface area contributed by atoms with E-state index >= 15 is 0 Å². The van der Waals surface area contributed by atoms with Gasteiger partial charge in [0, 0.05) is 52.2 Å². The van der Waals surface area contributed by atoms with Crippen LogP contribution in [0, 0.1) is 11.8 Å². The van der Waals surface area contributed by atoms with Gasteiger partial charge in [-0.2, -0.15) is 0 Å². The van der Waals surface area contributed by atoms with E-state index in [4.69, 9.17) is 0 Å². The first kappa shape index (κ1) is 21.9. The smallest absolute Gasteiger partial charge is 0.193 e. The van der Waals surface area contributed by atoms with E-state index in [1.807, 2.05) is 19.6 Å². The van der Waals surface area contributed by atoms with Gasteiger partial charge in [-0.1, -0.05) is 38.1 Å². The summed E-state index contributed by atoms with van der Waals surface area (Å²) in [5.41, 5.74) is 2.81. The van der Waals surface area contributed by atoms with Gasteiger partial charge in [0.05, 0.1) is 12.4 Å². The van der Waals surface area contributed by atoms with E-state index in [0.717, 1.165) is 44.5 Å². The summed E-state index contributed by atoms with van der Waals surface area (Å²) in [7, 11) is 1.90. The lowest BCUT2D eigenvalue weighted by Gasteiger charge is -2.39. The molecule has 0 radical (unpaired) electrons. The molecular weight excluding hydrogens is 384 g/mol. The number of imidazole rings is 1. The van der Waals surface area contributed by atoms with Crippen LogP contribution in [0.5, 0.6) is 0 Å². The Morgan fingerprint density at radius 3 is 2.71 bits per heavy atom. The monoisotopic (exact) mass is 422 g/mol. The molecule has 2 aromatic rings. The third-order valence-electron chi connectivity index (χ3n) is 7.03. The van der Waals surface area contributed by atoms with Crippen molar-refractivity contribution in [3.05, 3.63) is 54.1 Å². The molecule has 2 aliphatic heterocycles. The highest BCUT2D eigenvalue weighted by Crippen LogP contribution is 2.27. The van der Waals surface area contributed by atoms with Gasteiger partial charge in [-0.3, -0.25) is 9.89 Å². The average Bonchev–Trinajstić information content (AvgIpc) is 3.31. The summed E-state index contributed by atoms with van der Waals surface area (Å²) in [5, 5.41) is 3.66. The maximum atomic E-state index is 4.62. The van der Waals surface area contributed by atoms with Crippen molar-refractivity contribution in [1.29, 1.82) is 0 Å². The third kappa shape index (κ3) is 5.48. The number of likely N-dealkylation sites (tertiary alicyclic amines) is 2. The minimum atomic E-state index is 0.433. The van der Waals surface area contributed by atoms with E-state index in [-0.39, 0.29) is 0 Å². The number of benzene rings is 1. The minimum Gasteiger partial charge on any atom is -0.352 e. The highest BCUT2D eigenvalue weighted by Gasteiger charge is 2.29. The van der Waals surface area contributed by atoms with Crippen LogP contribution in [0.1, 0.15) is 50.3 Å². The first-order valence-corrected chi connectivity index (χ1v) is 11.9. The number of rotatable bonds is 5. The van der Waals surface area contributed by atoms with E-state index in [2.05, 4.69) is 74.0 Å². The molecule has 1 N–H and O–H groups in total. The summed E-state index contributed by atoms with van der Waals surface area (Å²) in [6.07, 6.45) is 9.74. The number of nitrogens with zero attached hydrogens (tertiary/aromatic N) is 5. The number of aromatic nitrogens is 2. The Morgan fingerprint density at radius 2 is 1.97 bits per heavy atom.